The van der Waals surface area contributed by atoms with Gasteiger partial charge >= 0.3 is 5.97 Å². The van der Waals surface area contributed by atoms with Crippen LogP contribution in [0.15, 0.2) is 48.5 Å². The van der Waals surface area contributed by atoms with Crippen molar-refractivity contribution in [2.45, 2.75) is 26.0 Å². The Labute approximate surface area is 167 Å². The maximum atomic E-state index is 12.8. The third-order valence-corrected chi connectivity index (χ3v) is 4.03. The van der Waals surface area contributed by atoms with Crippen LogP contribution < -0.4 is 10.6 Å². The van der Waals surface area contributed by atoms with Gasteiger partial charge in [0, 0.05) is 23.7 Å². The van der Waals surface area contributed by atoms with Crippen LogP contribution in [0.1, 0.15) is 29.3 Å². The third-order valence-electron chi connectivity index (χ3n) is 3.78. The van der Waals surface area contributed by atoms with Gasteiger partial charge in [-0.3, -0.25) is 14.4 Å². The molecule has 0 aromatic heterocycles. The fraction of sp³-hybridized carbons (Fsp3) is 0.250. The summed E-state index contributed by atoms with van der Waals surface area (Å²) in [4.78, 5) is 35.7. The normalized spacial score (nSPS) is 11.4. The van der Waals surface area contributed by atoms with Crippen LogP contribution in [0.25, 0.3) is 0 Å². The van der Waals surface area contributed by atoms with Gasteiger partial charge in [0.1, 0.15) is 5.82 Å². The van der Waals surface area contributed by atoms with Crippen molar-refractivity contribution in [3.63, 3.8) is 0 Å². The van der Waals surface area contributed by atoms with Crippen LogP contribution in [-0.2, 0) is 20.9 Å². The van der Waals surface area contributed by atoms with E-state index in [1.165, 1.54) is 19.1 Å². The molecule has 2 amide bonds. The van der Waals surface area contributed by atoms with Gasteiger partial charge in [-0.2, -0.15) is 0 Å². The zero-order valence-electron chi connectivity index (χ0n) is 15.2. The summed E-state index contributed by atoms with van der Waals surface area (Å²) < 4.78 is 17.9. The second-order valence-corrected chi connectivity index (χ2v) is 6.43. The molecule has 6 nitrogen and oxygen atoms in total. The molecule has 0 saturated heterocycles. The van der Waals surface area contributed by atoms with Gasteiger partial charge in [0.2, 0.25) is 0 Å². The number of nitrogens with one attached hydrogen (secondary N) is 2. The minimum atomic E-state index is -0.986. The molecule has 2 N–H and O–H groups in total. The number of benzene rings is 2. The van der Waals surface area contributed by atoms with E-state index in [-0.39, 0.29) is 31.2 Å². The lowest BCUT2D eigenvalue weighted by Crippen LogP contribution is -2.36. The zero-order chi connectivity index (χ0) is 20.5. The van der Waals surface area contributed by atoms with E-state index < -0.39 is 18.0 Å². The minimum Gasteiger partial charge on any atom is -0.452 e. The van der Waals surface area contributed by atoms with E-state index in [9.17, 15) is 18.8 Å². The number of rotatable bonds is 8. The molecule has 2 rings (SSSR count). The van der Waals surface area contributed by atoms with Gasteiger partial charge in [-0.05, 0) is 48.9 Å². The average Bonchev–Trinajstić information content (AvgIpc) is 2.67. The lowest BCUT2D eigenvalue weighted by molar-refractivity contribution is -0.154. The lowest BCUT2D eigenvalue weighted by atomic mass is 10.2. The topological polar surface area (TPSA) is 84.5 Å². The van der Waals surface area contributed by atoms with Crippen molar-refractivity contribution in [1.29, 1.82) is 0 Å². The van der Waals surface area contributed by atoms with Crippen molar-refractivity contribution >= 4 is 29.4 Å². The highest BCUT2D eigenvalue weighted by Crippen LogP contribution is 2.09. The first-order valence-corrected chi connectivity index (χ1v) is 8.98. The van der Waals surface area contributed by atoms with Crippen LogP contribution in [-0.4, -0.2) is 30.4 Å². The number of halogens is 2. The molecule has 0 radical (unpaired) electrons. The maximum Gasteiger partial charge on any atom is 0.308 e. The smallest absolute Gasteiger partial charge is 0.308 e. The quantitative estimate of drug-likeness (QED) is 0.660. The molecule has 0 aliphatic rings. The molecule has 0 spiro atoms. The molecular formula is C20H20ClFN2O4. The van der Waals surface area contributed by atoms with Crippen LogP contribution in [0.2, 0.25) is 5.02 Å². The van der Waals surface area contributed by atoms with E-state index in [0.29, 0.717) is 10.6 Å². The van der Waals surface area contributed by atoms with Gasteiger partial charge in [0.05, 0.1) is 6.42 Å². The molecule has 148 valence electrons. The number of carbonyl (C=O) groups is 3. The molecule has 28 heavy (non-hydrogen) atoms. The number of ether oxygens (including phenoxy) is 1. The second kappa shape index (κ2) is 10.4. The van der Waals surface area contributed by atoms with Gasteiger partial charge in [-0.25, -0.2) is 4.39 Å². The monoisotopic (exact) mass is 406 g/mol. The van der Waals surface area contributed by atoms with E-state index in [1.54, 1.807) is 36.4 Å². The van der Waals surface area contributed by atoms with Crippen LogP contribution in [0, 0.1) is 5.82 Å². The second-order valence-electron chi connectivity index (χ2n) is 5.99. The molecule has 2 aromatic rings. The van der Waals surface area contributed by atoms with Crippen LogP contribution in [0.4, 0.5) is 4.39 Å². The Morgan fingerprint density at radius 2 is 1.68 bits per heavy atom. The van der Waals surface area contributed by atoms with Crippen LogP contribution in [0.5, 0.6) is 0 Å². The number of carbonyl (C=O) groups excluding carboxylic acids is 3. The summed E-state index contributed by atoms with van der Waals surface area (Å²) in [6, 6.07) is 12.0. The molecule has 2 aromatic carbocycles. The van der Waals surface area contributed by atoms with E-state index in [1.807, 2.05) is 0 Å². The minimum absolute atomic E-state index is 0.0736. The molecule has 8 heteroatoms. The van der Waals surface area contributed by atoms with E-state index in [0.717, 1.165) is 5.56 Å². The summed E-state index contributed by atoms with van der Waals surface area (Å²) in [5.41, 5.74) is 1.14. The third kappa shape index (κ3) is 7.00. The Morgan fingerprint density at radius 3 is 2.32 bits per heavy atom. The summed E-state index contributed by atoms with van der Waals surface area (Å²) in [6.45, 7) is 1.71. The van der Waals surface area contributed by atoms with Gasteiger partial charge in [-0.1, -0.05) is 23.7 Å². The van der Waals surface area contributed by atoms with E-state index >= 15 is 0 Å². The molecule has 1 atom stereocenters. The van der Waals surface area contributed by atoms with Gasteiger partial charge in [-0.15, -0.1) is 0 Å². The first kappa shape index (κ1) is 21.4. The molecule has 0 aliphatic heterocycles. The highest BCUT2D eigenvalue weighted by Gasteiger charge is 2.17. The Hall–Kier alpha value is -2.93. The zero-order valence-corrected chi connectivity index (χ0v) is 16.0. The largest absolute Gasteiger partial charge is 0.452 e. The highest BCUT2D eigenvalue weighted by atomic mass is 35.5. The lowest BCUT2D eigenvalue weighted by Gasteiger charge is -2.14. The molecular weight excluding hydrogens is 387 g/mol. The first-order valence-electron chi connectivity index (χ1n) is 8.60. The predicted molar refractivity (Wildman–Crippen MR) is 102 cm³/mol. The van der Waals surface area contributed by atoms with Crippen LogP contribution in [0.3, 0.4) is 0 Å². The van der Waals surface area contributed by atoms with Gasteiger partial charge in [0.25, 0.3) is 11.8 Å². The Morgan fingerprint density at radius 1 is 1.04 bits per heavy atom. The van der Waals surface area contributed by atoms with Crippen molar-refractivity contribution in [2.24, 2.45) is 0 Å². The molecule has 0 aliphatic carbocycles. The Balaban J connectivity index is 1.68. The van der Waals surface area contributed by atoms with Crippen molar-refractivity contribution < 1.29 is 23.5 Å². The maximum absolute atomic E-state index is 12.8. The fourth-order valence-corrected chi connectivity index (χ4v) is 2.35. The van der Waals surface area contributed by atoms with E-state index in [4.69, 9.17) is 16.3 Å². The number of hydrogen-bond acceptors (Lipinski definition) is 4. The average molecular weight is 407 g/mol. The summed E-state index contributed by atoms with van der Waals surface area (Å²) in [7, 11) is 0. The number of hydrogen-bond donors (Lipinski definition) is 2. The van der Waals surface area contributed by atoms with Gasteiger partial charge in [0.15, 0.2) is 6.10 Å². The Bertz CT molecular complexity index is 825. The number of esters is 1. The molecule has 0 saturated carbocycles. The summed E-state index contributed by atoms with van der Waals surface area (Å²) in [6.07, 6.45) is -1.06. The highest BCUT2D eigenvalue weighted by molar-refractivity contribution is 6.30. The van der Waals surface area contributed by atoms with Crippen molar-refractivity contribution in [1.82, 2.24) is 10.6 Å². The standard InChI is InChI=1S/C20H20ClFN2O4/c1-13(19(26)24-12-14-2-8-17(22)9-3-14)28-18(25)10-11-23-20(27)15-4-6-16(21)7-5-15/h2-9,13H,10-12H2,1H3,(H,23,27)(H,24,26)/t13-/m0/s1. The number of amides is 2. The SMILES string of the molecule is C[C@H](OC(=O)CCNC(=O)c1ccc(Cl)cc1)C(=O)NCc1ccc(F)cc1. The van der Waals surface area contributed by atoms with Crippen molar-refractivity contribution in [3.8, 4) is 0 Å². The Kier molecular flexibility index (Phi) is 7.95. The molecule has 0 unspecified atom stereocenters. The molecule has 0 bridgehead atoms. The van der Waals surface area contributed by atoms with Gasteiger partial charge < -0.3 is 15.4 Å². The van der Waals surface area contributed by atoms with Crippen LogP contribution >= 0.6 is 11.6 Å². The van der Waals surface area contributed by atoms with E-state index in [2.05, 4.69) is 10.6 Å². The fourth-order valence-electron chi connectivity index (χ4n) is 2.23. The van der Waals surface area contributed by atoms with Crippen molar-refractivity contribution in [3.05, 3.63) is 70.5 Å². The molecule has 0 heterocycles. The summed E-state index contributed by atoms with van der Waals surface area (Å²) in [5.74, 6) is -1.78. The summed E-state index contributed by atoms with van der Waals surface area (Å²) in [5, 5.41) is 5.71. The summed E-state index contributed by atoms with van der Waals surface area (Å²) >= 11 is 5.76. The first-order chi connectivity index (χ1) is 13.3. The predicted octanol–water partition coefficient (Wildman–Crippen LogP) is 2.85. The van der Waals surface area contributed by atoms with Crippen molar-refractivity contribution in [2.75, 3.05) is 6.54 Å². The molecule has 0 fully saturated rings.